The van der Waals surface area contributed by atoms with Crippen LogP contribution in [-0.2, 0) is 11.3 Å². The molecule has 0 radical (unpaired) electrons. The van der Waals surface area contributed by atoms with E-state index >= 15 is 0 Å². The number of amides is 1. The summed E-state index contributed by atoms with van der Waals surface area (Å²) < 4.78 is 1.91. The zero-order valence-electron chi connectivity index (χ0n) is 15.3. The quantitative estimate of drug-likeness (QED) is 0.553. The highest BCUT2D eigenvalue weighted by Crippen LogP contribution is 2.21. The van der Waals surface area contributed by atoms with Crippen LogP contribution in [0.15, 0.2) is 71.5 Å². The van der Waals surface area contributed by atoms with Gasteiger partial charge in [0.05, 0.1) is 11.0 Å². The van der Waals surface area contributed by atoms with Crippen LogP contribution in [0.1, 0.15) is 11.1 Å². The minimum Gasteiger partial charge on any atom is -0.331 e. The molecule has 0 aliphatic carbocycles. The van der Waals surface area contributed by atoms with E-state index in [1.807, 2.05) is 85.1 Å². The third-order valence-corrected chi connectivity index (χ3v) is 4.93. The van der Waals surface area contributed by atoms with Gasteiger partial charge in [-0.25, -0.2) is 0 Å². The molecule has 1 heterocycles. The standard InChI is InChI=1S/C23H20N2O2/c1-15-8-7-9-16(2)22(15)24-21(26)14-25-19-12-5-3-10-17(19)23(27)18-11-4-6-13-20(18)25/h3-13H,14H2,1-2H3,(H,24,26). The smallest absolute Gasteiger partial charge is 0.244 e. The number of aryl methyl sites for hydroxylation is 2. The van der Waals surface area contributed by atoms with Crippen molar-refractivity contribution in [2.24, 2.45) is 0 Å². The van der Waals surface area contributed by atoms with Gasteiger partial charge < -0.3 is 9.88 Å². The summed E-state index contributed by atoms with van der Waals surface area (Å²) in [7, 11) is 0. The van der Waals surface area contributed by atoms with Crippen molar-refractivity contribution in [2.75, 3.05) is 5.32 Å². The van der Waals surface area contributed by atoms with E-state index in [1.165, 1.54) is 0 Å². The molecule has 1 N–H and O–H groups in total. The molecule has 1 aromatic heterocycles. The summed E-state index contributed by atoms with van der Waals surface area (Å²) in [4.78, 5) is 25.6. The summed E-state index contributed by atoms with van der Waals surface area (Å²) in [5.41, 5.74) is 4.41. The van der Waals surface area contributed by atoms with Gasteiger partial charge in [-0.3, -0.25) is 9.59 Å². The molecule has 4 rings (SSSR count). The summed E-state index contributed by atoms with van der Waals surface area (Å²) in [6.45, 7) is 4.09. The van der Waals surface area contributed by atoms with Gasteiger partial charge in [0, 0.05) is 16.5 Å². The van der Waals surface area contributed by atoms with Gasteiger partial charge in [-0.2, -0.15) is 0 Å². The first-order valence-corrected chi connectivity index (χ1v) is 8.92. The monoisotopic (exact) mass is 356 g/mol. The minimum absolute atomic E-state index is 0.00685. The number of anilines is 1. The Hall–Kier alpha value is -3.40. The first-order valence-electron chi connectivity index (χ1n) is 8.92. The van der Waals surface area contributed by atoms with Crippen LogP contribution in [0.2, 0.25) is 0 Å². The molecule has 4 heteroatoms. The number of nitrogens with one attached hydrogen (secondary N) is 1. The molecule has 0 fully saturated rings. The van der Waals surface area contributed by atoms with Crippen LogP contribution in [0.5, 0.6) is 0 Å². The molecule has 0 saturated carbocycles. The fourth-order valence-electron chi connectivity index (χ4n) is 3.58. The molecule has 134 valence electrons. The highest BCUT2D eigenvalue weighted by Gasteiger charge is 2.14. The molecule has 0 saturated heterocycles. The van der Waals surface area contributed by atoms with Crippen LogP contribution < -0.4 is 10.7 Å². The van der Waals surface area contributed by atoms with Gasteiger partial charge in [-0.1, -0.05) is 42.5 Å². The maximum Gasteiger partial charge on any atom is 0.244 e. The number of hydrogen-bond acceptors (Lipinski definition) is 2. The van der Waals surface area contributed by atoms with E-state index in [0.29, 0.717) is 10.8 Å². The summed E-state index contributed by atoms with van der Waals surface area (Å²) in [5.74, 6) is -0.119. The molecular weight excluding hydrogens is 336 g/mol. The minimum atomic E-state index is -0.119. The lowest BCUT2D eigenvalue weighted by molar-refractivity contribution is -0.116. The number of aromatic nitrogens is 1. The van der Waals surface area contributed by atoms with Crippen molar-refractivity contribution in [3.63, 3.8) is 0 Å². The molecule has 0 aliphatic heterocycles. The Morgan fingerprint density at radius 1 is 0.815 bits per heavy atom. The fraction of sp³-hybridized carbons (Fsp3) is 0.130. The number of pyridine rings is 1. The lowest BCUT2D eigenvalue weighted by Crippen LogP contribution is -2.22. The largest absolute Gasteiger partial charge is 0.331 e. The van der Waals surface area contributed by atoms with Gasteiger partial charge in [-0.05, 0) is 49.2 Å². The van der Waals surface area contributed by atoms with Gasteiger partial charge in [0.2, 0.25) is 5.91 Å². The van der Waals surface area contributed by atoms with Crippen LogP contribution in [0.4, 0.5) is 5.69 Å². The van der Waals surface area contributed by atoms with Crippen molar-refractivity contribution < 1.29 is 4.79 Å². The Morgan fingerprint density at radius 2 is 1.33 bits per heavy atom. The Labute approximate surface area is 157 Å². The third-order valence-electron chi connectivity index (χ3n) is 4.93. The Morgan fingerprint density at radius 3 is 1.89 bits per heavy atom. The summed E-state index contributed by atoms with van der Waals surface area (Å²) in [6, 6.07) is 20.8. The van der Waals surface area contributed by atoms with Crippen LogP contribution in [-0.4, -0.2) is 10.5 Å². The Balaban J connectivity index is 1.82. The Bertz CT molecular complexity index is 1160. The second-order valence-electron chi connectivity index (χ2n) is 6.76. The number of carbonyl (C=O) groups excluding carboxylic acids is 1. The summed E-state index contributed by atoms with van der Waals surface area (Å²) in [6.07, 6.45) is 0. The topological polar surface area (TPSA) is 51.1 Å². The first kappa shape index (κ1) is 17.0. The molecule has 4 nitrogen and oxygen atoms in total. The highest BCUT2D eigenvalue weighted by molar-refractivity contribution is 5.97. The molecule has 0 atom stereocenters. The van der Waals surface area contributed by atoms with Crippen LogP contribution >= 0.6 is 0 Å². The number of hydrogen-bond donors (Lipinski definition) is 1. The predicted octanol–water partition coefficient (Wildman–Crippen LogP) is 4.41. The van der Waals surface area contributed by atoms with Crippen molar-refractivity contribution in [1.82, 2.24) is 4.57 Å². The number of rotatable bonds is 3. The van der Waals surface area contributed by atoms with Crippen molar-refractivity contribution >= 4 is 33.4 Å². The normalized spacial score (nSPS) is 11.0. The second kappa shape index (κ2) is 6.72. The maximum absolute atomic E-state index is 12.8. The van der Waals surface area contributed by atoms with E-state index in [-0.39, 0.29) is 17.9 Å². The second-order valence-corrected chi connectivity index (χ2v) is 6.76. The van der Waals surface area contributed by atoms with E-state index in [2.05, 4.69) is 5.32 Å². The molecular formula is C23H20N2O2. The molecule has 0 unspecified atom stereocenters. The molecule has 27 heavy (non-hydrogen) atoms. The van der Waals surface area contributed by atoms with Crippen LogP contribution in [0, 0.1) is 13.8 Å². The summed E-state index contributed by atoms with van der Waals surface area (Å²) >= 11 is 0. The number of fused-ring (bicyclic) bond motifs is 2. The van der Waals surface area contributed by atoms with E-state index in [0.717, 1.165) is 27.8 Å². The van der Waals surface area contributed by atoms with Gasteiger partial charge in [0.25, 0.3) is 0 Å². The first-order chi connectivity index (χ1) is 13.1. The molecule has 0 bridgehead atoms. The van der Waals surface area contributed by atoms with Gasteiger partial charge in [0.1, 0.15) is 6.54 Å². The van der Waals surface area contributed by atoms with Crippen molar-refractivity contribution in [3.05, 3.63) is 88.1 Å². The van der Waals surface area contributed by atoms with Crippen LogP contribution in [0.3, 0.4) is 0 Å². The van der Waals surface area contributed by atoms with Gasteiger partial charge in [0.15, 0.2) is 5.43 Å². The number of para-hydroxylation sites is 3. The zero-order chi connectivity index (χ0) is 19.0. The van der Waals surface area contributed by atoms with E-state index in [9.17, 15) is 9.59 Å². The summed E-state index contributed by atoms with van der Waals surface area (Å²) in [5, 5.41) is 4.28. The van der Waals surface area contributed by atoms with Crippen molar-refractivity contribution in [3.8, 4) is 0 Å². The predicted molar refractivity (Wildman–Crippen MR) is 110 cm³/mol. The molecule has 0 aliphatic rings. The third kappa shape index (κ3) is 2.99. The molecule has 3 aromatic carbocycles. The van der Waals surface area contributed by atoms with E-state index < -0.39 is 0 Å². The SMILES string of the molecule is Cc1cccc(C)c1NC(=O)Cn1c2ccccc2c(=O)c2ccccc21. The molecule has 1 amide bonds. The number of nitrogens with zero attached hydrogens (tertiary/aromatic N) is 1. The zero-order valence-corrected chi connectivity index (χ0v) is 15.3. The van der Waals surface area contributed by atoms with Gasteiger partial charge in [-0.15, -0.1) is 0 Å². The number of carbonyl (C=O) groups is 1. The lowest BCUT2D eigenvalue weighted by Gasteiger charge is -2.16. The highest BCUT2D eigenvalue weighted by atomic mass is 16.2. The van der Waals surface area contributed by atoms with Crippen LogP contribution in [0.25, 0.3) is 21.8 Å². The molecule has 0 spiro atoms. The van der Waals surface area contributed by atoms with Crippen molar-refractivity contribution in [2.45, 2.75) is 20.4 Å². The maximum atomic E-state index is 12.8. The lowest BCUT2D eigenvalue weighted by atomic mass is 10.1. The fourth-order valence-corrected chi connectivity index (χ4v) is 3.58. The van der Waals surface area contributed by atoms with Crippen molar-refractivity contribution in [1.29, 1.82) is 0 Å². The van der Waals surface area contributed by atoms with E-state index in [1.54, 1.807) is 0 Å². The van der Waals surface area contributed by atoms with E-state index in [4.69, 9.17) is 0 Å². The van der Waals surface area contributed by atoms with Gasteiger partial charge >= 0.3 is 0 Å². The Kier molecular flexibility index (Phi) is 4.24. The average molecular weight is 356 g/mol. The number of benzene rings is 3. The average Bonchev–Trinajstić information content (AvgIpc) is 2.68. The molecule has 4 aromatic rings.